The molecule has 2 N–H and O–H groups in total. The van der Waals surface area contributed by atoms with Crippen LogP contribution in [-0.4, -0.2) is 18.6 Å². The number of amides is 1. The van der Waals surface area contributed by atoms with Crippen LogP contribution in [0.15, 0.2) is 42.5 Å². The van der Waals surface area contributed by atoms with Crippen LogP contribution in [-0.2, 0) is 4.79 Å². The number of aryl methyl sites for hydroxylation is 1. The molecule has 0 aliphatic carbocycles. The minimum absolute atomic E-state index is 0.0661. The second kappa shape index (κ2) is 8.39. The Bertz CT molecular complexity index is 681. The van der Waals surface area contributed by atoms with Crippen molar-refractivity contribution in [1.29, 1.82) is 0 Å². The molecule has 0 saturated carbocycles. The fourth-order valence-corrected chi connectivity index (χ4v) is 2.23. The Balaban J connectivity index is 1.86. The molecule has 128 valence electrons. The molecule has 0 aliphatic rings. The van der Waals surface area contributed by atoms with Gasteiger partial charge in [-0.25, -0.2) is 0 Å². The lowest BCUT2D eigenvalue weighted by Crippen LogP contribution is -2.22. The van der Waals surface area contributed by atoms with E-state index in [4.69, 9.17) is 4.74 Å². The molecule has 0 bridgehead atoms. The maximum atomic E-state index is 12.1. The number of nitrogens with one attached hydrogen (secondary N) is 2. The van der Waals surface area contributed by atoms with E-state index in [2.05, 4.69) is 17.6 Å². The summed E-state index contributed by atoms with van der Waals surface area (Å²) in [5.74, 6) is 0.776. The van der Waals surface area contributed by atoms with Crippen LogP contribution in [0.2, 0.25) is 0 Å². The zero-order chi connectivity index (χ0) is 17.5. The summed E-state index contributed by atoms with van der Waals surface area (Å²) >= 11 is 0. The van der Waals surface area contributed by atoms with E-state index in [1.165, 1.54) is 0 Å². The van der Waals surface area contributed by atoms with Gasteiger partial charge in [0.2, 0.25) is 5.91 Å². The van der Waals surface area contributed by atoms with Crippen LogP contribution in [0, 0.1) is 13.8 Å². The molecule has 24 heavy (non-hydrogen) atoms. The first-order chi connectivity index (χ1) is 11.5. The molecule has 4 nitrogen and oxygen atoms in total. The summed E-state index contributed by atoms with van der Waals surface area (Å²) in [6.45, 7) is 8.40. The molecule has 0 saturated heterocycles. The molecule has 2 aromatic rings. The van der Waals surface area contributed by atoms with E-state index in [-0.39, 0.29) is 18.6 Å². The lowest BCUT2D eigenvalue weighted by atomic mass is 10.1. The average Bonchev–Trinajstić information content (AvgIpc) is 2.58. The highest BCUT2D eigenvalue weighted by Crippen LogP contribution is 2.19. The molecule has 2 aromatic carbocycles. The SMILES string of the molecule is CCC(C)Oc1ccc(NCC(=O)Nc2cccc(C)c2C)cc1. The predicted octanol–water partition coefficient (Wildman–Crippen LogP) is 4.53. The molecule has 0 aliphatic heterocycles. The monoisotopic (exact) mass is 326 g/mol. The third-order valence-electron chi connectivity index (χ3n) is 4.10. The average molecular weight is 326 g/mol. The van der Waals surface area contributed by atoms with Crippen LogP contribution < -0.4 is 15.4 Å². The smallest absolute Gasteiger partial charge is 0.243 e. The number of anilines is 2. The van der Waals surface area contributed by atoms with E-state index >= 15 is 0 Å². The summed E-state index contributed by atoms with van der Waals surface area (Å²) in [6.07, 6.45) is 1.17. The van der Waals surface area contributed by atoms with Crippen molar-refractivity contribution < 1.29 is 9.53 Å². The summed E-state index contributed by atoms with van der Waals surface area (Å²) in [7, 11) is 0. The van der Waals surface area contributed by atoms with Crippen LogP contribution in [0.4, 0.5) is 11.4 Å². The second-order valence-electron chi connectivity index (χ2n) is 6.01. The molecule has 1 atom stereocenters. The maximum absolute atomic E-state index is 12.1. The van der Waals surface area contributed by atoms with Gasteiger partial charge in [-0.05, 0) is 68.7 Å². The quantitative estimate of drug-likeness (QED) is 0.786. The van der Waals surface area contributed by atoms with Gasteiger partial charge in [-0.1, -0.05) is 19.1 Å². The van der Waals surface area contributed by atoms with E-state index in [0.717, 1.165) is 34.7 Å². The lowest BCUT2D eigenvalue weighted by molar-refractivity contribution is -0.114. The van der Waals surface area contributed by atoms with Crippen LogP contribution in [0.25, 0.3) is 0 Å². The zero-order valence-corrected chi connectivity index (χ0v) is 14.8. The van der Waals surface area contributed by atoms with Crippen LogP contribution in [0.5, 0.6) is 5.75 Å². The predicted molar refractivity (Wildman–Crippen MR) is 99.9 cm³/mol. The highest BCUT2D eigenvalue weighted by molar-refractivity contribution is 5.94. The van der Waals surface area contributed by atoms with Gasteiger partial charge >= 0.3 is 0 Å². The Labute approximate surface area is 144 Å². The summed E-state index contributed by atoms with van der Waals surface area (Å²) in [5, 5.41) is 6.07. The number of rotatable bonds is 7. The molecule has 1 unspecified atom stereocenters. The van der Waals surface area contributed by atoms with Gasteiger partial charge in [0.25, 0.3) is 0 Å². The Morgan fingerprint density at radius 2 is 1.83 bits per heavy atom. The number of hydrogen-bond acceptors (Lipinski definition) is 3. The van der Waals surface area contributed by atoms with Gasteiger partial charge < -0.3 is 15.4 Å². The zero-order valence-electron chi connectivity index (χ0n) is 14.8. The first-order valence-electron chi connectivity index (χ1n) is 8.36. The number of benzene rings is 2. The van der Waals surface area contributed by atoms with Crippen molar-refractivity contribution in [3.63, 3.8) is 0 Å². The third kappa shape index (κ3) is 5.01. The van der Waals surface area contributed by atoms with Crippen molar-refractivity contribution in [1.82, 2.24) is 0 Å². The largest absolute Gasteiger partial charge is 0.491 e. The summed E-state index contributed by atoms with van der Waals surface area (Å²) in [6, 6.07) is 13.6. The molecule has 0 aromatic heterocycles. The third-order valence-corrected chi connectivity index (χ3v) is 4.10. The van der Waals surface area contributed by atoms with Gasteiger partial charge in [0, 0.05) is 11.4 Å². The fraction of sp³-hybridized carbons (Fsp3) is 0.350. The summed E-state index contributed by atoms with van der Waals surface area (Å²) in [4.78, 5) is 12.1. The standard InChI is InChI=1S/C20H26N2O2/c1-5-15(3)24-18-11-9-17(10-12-18)21-13-20(23)22-19-8-6-7-14(2)16(19)4/h6-12,15,21H,5,13H2,1-4H3,(H,22,23). The Kier molecular flexibility index (Phi) is 6.24. The van der Waals surface area contributed by atoms with Gasteiger partial charge in [0.15, 0.2) is 0 Å². The van der Waals surface area contributed by atoms with Crippen molar-refractivity contribution >= 4 is 17.3 Å². The minimum atomic E-state index is -0.0661. The highest BCUT2D eigenvalue weighted by atomic mass is 16.5. The van der Waals surface area contributed by atoms with Gasteiger partial charge in [0.1, 0.15) is 5.75 Å². The Hall–Kier alpha value is -2.49. The van der Waals surface area contributed by atoms with Gasteiger partial charge in [-0.15, -0.1) is 0 Å². The van der Waals surface area contributed by atoms with Crippen molar-refractivity contribution in [3.05, 3.63) is 53.6 Å². The van der Waals surface area contributed by atoms with Crippen molar-refractivity contribution in [2.24, 2.45) is 0 Å². The van der Waals surface area contributed by atoms with Crippen molar-refractivity contribution in [2.75, 3.05) is 17.2 Å². The number of ether oxygens (including phenoxy) is 1. The van der Waals surface area contributed by atoms with E-state index in [1.807, 2.05) is 63.2 Å². The van der Waals surface area contributed by atoms with E-state index < -0.39 is 0 Å². The number of hydrogen-bond donors (Lipinski definition) is 2. The Morgan fingerprint density at radius 3 is 2.50 bits per heavy atom. The van der Waals surface area contributed by atoms with Crippen molar-refractivity contribution in [3.8, 4) is 5.75 Å². The molecule has 2 rings (SSSR count). The minimum Gasteiger partial charge on any atom is -0.491 e. The van der Waals surface area contributed by atoms with E-state index in [9.17, 15) is 4.79 Å². The van der Waals surface area contributed by atoms with Crippen LogP contribution in [0.3, 0.4) is 0 Å². The highest BCUT2D eigenvalue weighted by Gasteiger charge is 2.06. The van der Waals surface area contributed by atoms with Gasteiger partial charge in [-0.2, -0.15) is 0 Å². The van der Waals surface area contributed by atoms with Gasteiger partial charge in [0.05, 0.1) is 12.6 Å². The molecule has 0 fully saturated rings. The second-order valence-corrected chi connectivity index (χ2v) is 6.01. The molecule has 4 heteroatoms. The number of carbonyl (C=O) groups excluding carboxylic acids is 1. The van der Waals surface area contributed by atoms with Gasteiger partial charge in [-0.3, -0.25) is 4.79 Å². The summed E-state index contributed by atoms with van der Waals surface area (Å²) < 4.78 is 5.74. The maximum Gasteiger partial charge on any atom is 0.243 e. The lowest BCUT2D eigenvalue weighted by Gasteiger charge is -2.13. The van der Waals surface area contributed by atoms with Crippen LogP contribution >= 0.6 is 0 Å². The first kappa shape index (κ1) is 17.9. The molecular weight excluding hydrogens is 300 g/mol. The van der Waals surface area contributed by atoms with E-state index in [1.54, 1.807) is 0 Å². The molecule has 0 spiro atoms. The molecule has 1 amide bonds. The number of carbonyl (C=O) groups is 1. The topological polar surface area (TPSA) is 50.4 Å². The Morgan fingerprint density at radius 1 is 1.12 bits per heavy atom. The van der Waals surface area contributed by atoms with Crippen molar-refractivity contribution in [2.45, 2.75) is 40.2 Å². The first-order valence-corrected chi connectivity index (χ1v) is 8.36. The normalized spacial score (nSPS) is 11.7. The molecular formula is C20H26N2O2. The molecule has 0 heterocycles. The van der Waals surface area contributed by atoms with E-state index in [0.29, 0.717) is 0 Å². The summed E-state index contributed by atoms with van der Waals surface area (Å²) in [5.41, 5.74) is 4.01. The fourth-order valence-electron chi connectivity index (χ4n) is 2.23. The molecule has 0 radical (unpaired) electrons. The van der Waals surface area contributed by atoms with Crippen LogP contribution in [0.1, 0.15) is 31.4 Å².